The SMILES string of the molecule is CCN(C(=O)c1ccncc1)c1cccc(C(=O)N(C(C)=O)c2c(Cl)cc(C(C)(F)C(F)(F)F)cc2Br)c1OC.CCN(C(=O)c1ccncc1)c1cccc(C(=O)Nc2c(Cl)cc(C(C)(F)C(F)(F)F)cc2Br)c1OC.[Na+].[OH-]. The molecule has 0 saturated carbocycles. The number of carbonyl (C=O) groups is 5. The smallest absolute Gasteiger partial charge is 0.870 e. The largest absolute Gasteiger partial charge is 1.00 e. The third-order valence-corrected chi connectivity index (χ3v) is 13.4. The van der Waals surface area contributed by atoms with E-state index in [1.807, 2.05) is 0 Å². The van der Waals surface area contributed by atoms with Gasteiger partial charge in [0.05, 0.1) is 58.1 Å². The zero-order chi connectivity index (χ0) is 57.5. The van der Waals surface area contributed by atoms with Gasteiger partial charge in [-0.15, -0.1) is 0 Å². The van der Waals surface area contributed by atoms with E-state index in [1.165, 1.54) is 79.1 Å². The van der Waals surface area contributed by atoms with Crippen LogP contribution in [0.5, 0.6) is 11.5 Å². The summed E-state index contributed by atoms with van der Waals surface area (Å²) in [7, 11) is 2.60. The standard InChI is InChI=1S/C27H23BrClF4N3O4.C25H21BrClF4N3O3.Na.H2O/c1-5-35(24(38)16-9-11-34-12-10-16)21-8-6-7-18(23(21)40-4)25(39)36(15(2)37)22-19(28)13-17(14-20(22)29)26(3,30)27(31,32)33;1-4-34(23(36)14-8-10-32-11-9-14)19-7-5-6-16(21(19)37-3)22(35)33-20-17(26)12-15(13-18(20)27)24(2,28)25(29,30)31;;/h6-14H,5H2,1-4H3;5-13H,4H2,1-3H3,(H,33,35);;1H2/q;;+1;/p-1. The van der Waals surface area contributed by atoms with Gasteiger partial charge in [0.2, 0.25) is 17.2 Å². The Morgan fingerprint density at radius 3 is 1.37 bits per heavy atom. The number of alkyl halides is 8. The number of carbonyl (C=O) groups excluding carboxylic acids is 5. The molecule has 0 radical (unpaired) electrons. The zero-order valence-corrected chi connectivity index (χ0v) is 49.6. The van der Waals surface area contributed by atoms with Crippen molar-refractivity contribution in [2.75, 3.05) is 47.3 Å². The molecular weight excluding hydrogens is 1240 g/mol. The van der Waals surface area contributed by atoms with Gasteiger partial charge in [-0.3, -0.25) is 33.9 Å². The molecule has 2 atom stereocenters. The molecule has 0 fully saturated rings. The van der Waals surface area contributed by atoms with E-state index in [0.717, 1.165) is 25.1 Å². The fourth-order valence-electron chi connectivity index (χ4n) is 7.44. The Morgan fingerprint density at radius 1 is 0.608 bits per heavy atom. The Kier molecular flexibility index (Phi) is 23.6. The summed E-state index contributed by atoms with van der Waals surface area (Å²) >= 11 is 18.5. The van der Waals surface area contributed by atoms with Crippen molar-refractivity contribution >= 4 is 107 Å². The van der Waals surface area contributed by atoms with Crippen LogP contribution < -0.4 is 59.0 Å². The van der Waals surface area contributed by atoms with E-state index in [-0.39, 0.29) is 108 Å². The third-order valence-electron chi connectivity index (χ3n) is 11.6. The van der Waals surface area contributed by atoms with Crippen LogP contribution in [0.1, 0.15) is 87.2 Å². The zero-order valence-electron chi connectivity index (χ0n) is 42.9. The number of halogens is 12. The Balaban J connectivity index is 0.000000406. The molecule has 2 heterocycles. The molecule has 5 amide bonds. The van der Waals surface area contributed by atoms with Gasteiger partial charge in [-0.05, 0) is 132 Å². The van der Waals surface area contributed by atoms with Crippen LogP contribution in [0.3, 0.4) is 0 Å². The van der Waals surface area contributed by atoms with E-state index in [1.54, 1.807) is 44.2 Å². The average molecular weight is 1290 g/mol. The van der Waals surface area contributed by atoms with Crippen molar-refractivity contribution in [1.82, 2.24) is 9.97 Å². The molecule has 0 aliphatic rings. The molecule has 0 saturated heterocycles. The van der Waals surface area contributed by atoms with Crippen molar-refractivity contribution in [3.05, 3.63) is 162 Å². The first kappa shape index (κ1) is 67.5. The molecular formula is C52H45Br2Cl2F8N6NaO8. The first-order chi connectivity index (χ1) is 36.0. The first-order valence-electron chi connectivity index (χ1n) is 22.4. The molecule has 0 aliphatic heterocycles. The molecule has 79 heavy (non-hydrogen) atoms. The summed E-state index contributed by atoms with van der Waals surface area (Å²) in [5, 5.41) is 1.72. The number of benzene rings is 4. The summed E-state index contributed by atoms with van der Waals surface area (Å²) in [4.78, 5) is 77.3. The van der Waals surface area contributed by atoms with Gasteiger partial charge in [0, 0.05) is 76.0 Å². The van der Waals surface area contributed by atoms with Crippen LogP contribution in [0, 0.1) is 0 Å². The summed E-state index contributed by atoms with van der Waals surface area (Å²) in [6, 6.07) is 18.3. The summed E-state index contributed by atoms with van der Waals surface area (Å²) in [5.41, 5.74) is -8.22. The van der Waals surface area contributed by atoms with Gasteiger partial charge in [0.1, 0.15) is 0 Å². The van der Waals surface area contributed by atoms with Gasteiger partial charge in [0.15, 0.2) is 11.5 Å². The van der Waals surface area contributed by atoms with E-state index < -0.39 is 63.5 Å². The number of pyridine rings is 2. The number of rotatable bonds is 14. The van der Waals surface area contributed by atoms with E-state index in [0.29, 0.717) is 41.6 Å². The minimum atomic E-state index is -5.25. The van der Waals surface area contributed by atoms with Crippen LogP contribution in [0.25, 0.3) is 0 Å². The number of para-hydroxylation sites is 2. The molecule has 2 unspecified atom stereocenters. The predicted octanol–water partition coefficient (Wildman–Crippen LogP) is 11.1. The number of ether oxygens (including phenoxy) is 2. The first-order valence-corrected chi connectivity index (χ1v) is 24.8. The predicted molar refractivity (Wildman–Crippen MR) is 284 cm³/mol. The Labute approximate surface area is 496 Å². The molecule has 4 aromatic carbocycles. The van der Waals surface area contributed by atoms with Crippen LogP contribution in [0.15, 0.2) is 119 Å². The molecule has 416 valence electrons. The van der Waals surface area contributed by atoms with Crippen molar-refractivity contribution < 1.29 is 104 Å². The number of nitrogens with zero attached hydrogens (tertiary/aromatic N) is 5. The molecule has 2 N–H and O–H groups in total. The fourth-order valence-corrected chi connectivity index (χ4v) is 9.44. The number of imide groups is 1. The normalized spacial score (nSPS) is 12.6. The van der Waals surface area contributed by atoms with Gasteiger partial charge in [-0.25, -0.2) is 13.7 Å². The van der Waals surface area contributed by atoms with Crippen molar-refractivity contribution in [3.8, 4) is 11.5 Å². The molecule has 14 nitrogen and oxygen atoms in total. The summed E-state index contributed by atoms with van der Waals surface area (Å²) < 4.78 is 119. The minimum absolute atomic E-state index is 0. The van der Waals surface area contributed by atoms with Crippen LogP contribution in [0.2, 0.25) is 10.0 Å². The number of hydrogen-bond acceptors (Lipinski definition) is 10. The molecule has 0 bridgehead atoms. The summed E-state index contributed by atoms with van der Waals surface area (Å²) in [6.45, 7) is 5.67. The van der Waals surface area contributed by atoms with Crippen LogP contribution >= 0.6 is 55.1 Å². The van der Waals surface area contributed by atoms with Gasteiger partial charge in [0.25, 0.3) is 23.6 Å². The fraction of sp³-hybridized carbons (Fsp3) is 0.250. The maximum Gasteiger partial charge on any atom is 1.00 e. The van der Waals surface area contributed by atoms with E-state index in [2.05, 4.69) is 47.1 Å². The number of amides is 5. The van der Waals surface area contributed by atoms with Gasteiger partial charge in [-0.2, -0.15) is 26.3 Å². The summed E-state index contributed by atoms with van der Waals surface area (Å²) in [6.07, 6.45) is -4.55. The van der Waals surface area contributed by atoms with Crippen LogP contribution in [-0.2, 0) is 16.1 Å². The number of anilines is 4. The maximum absolute atomic E-state index is 14.6. The topological polar surface area (TPSA) is 181 Å². The second-order valence-corrected chi connectivity index (χ2v) is 19.0. The minimum Gasteiger partial charge on any atom is -0.870 e. The van der Waals surface area contributed by atoms with Crippen molar-refractivity contribution in [3.63, 3.8) is 0 Å². The van der Waals surface area contributed by atoms with Crippen molar-refractivity contribution in [1.29, 1.82) is 0 Å². The Bertz CT molecular complexity index is 3160. The van der Waals surface area contributed by atoms with Gasteiger partial charge < -0.3 is 30.1 Å². The van der Waals surface area contributed by atoms with Crippen molar-refractivity contribution in [2.24, 2.45) is 0 Å². The van der Waals surface area contributed by atoms with Crippen LogP contribution in [-0.4, -0.2) is 84.6 Å². The van der Waals surface area contributed by atoms with Gasteiger partial charge in [-0.1, -0.05) is 35.3 Å². The monoisotopic (exact) mass is 1280 g/mol. The average Bonchev–Trinajstić information content (AvgIpc) is 3.38. The number of hydrogen-bond donors (Lipinski definition) is 1. The second-order valence-electron chi connectivity index (χ2n) is 16.5. The van der Waals surface area contributed by atoms with Gasteiger partial charge >= 0.3 is 41.9 Å². The van der Waals surface area contributed by atoms with E-state index >= 15 is 0 Å². The third kappa shape index (κ3) is 14.6. The molecule has 2 aromatic heterocycles. The maximum atomic E-state index is 14.6. The quantitative estimate of drug-likeness (QED) is 0.0814. The molecule has 6 rings (SSSR count). The number of aromatic nitrogens is 2. The van der Waals surface area contributed by atoms with Crippen molar-refractivity contribution in [2.45, 2.75) is 58.3 Å². The molecule has 6 aromatic rings. The number of nitrogens with one attached hydrogen (secondary N) is 1. The number of methoxy groups -OCH3 is 2. The Morgan fingerprint density at radius 2 is 1.00 bits per heavy atom. The summed E-state index contributed by atoms with van der Waals surface area (Å²) in [5.74, 6) is -3.22. The van der Waals surface area contributed by atoms with E-state index in [4.69, 9.17) is 32.7 Å². The van der Waals surface area contributed by atoms with E-state index in [9.17, 15) is 59.1 Å². The molecule has 27 heteroatoms. The molecule has 0 aliphatic carbocycles. The van der Waals surface area contributed by atoms with Crippen LogP contribution in [0.4, 0.5) is 57.9 Å². The second kappa shape index (κ2) is 27.6. The molecule has 0 spiro atoms. The Hall–Kier alpha value is -5.73.